The zero-order chi connectivity index (χ0) is 23.0. The molecule has 2 aromatic rings. The van der Waals surface area contributed by atoms with Crippen molar-refractivity contribution in [3.05, 3.63) is 47.8 Å². The van der Waals surface area contributed by atoms with Gasteiger partial charge in [-0.25, -0.2) is 4.79 Å². The first-order valence-electron chi connectivity index (χ1n) is 8.83. The van der Waals surface area contributed by atoms with Crippen LogP contribution in [0.25, 0.3) is 11.1 Å². The minimum Gasteiger partial charge on any atom is -0.442 e. The minimum absolute atomic E-state index is 0.135. The van der Waals surface area contributed by atoms with E-state index in [0.717, 1.165) is 12.3 Å². The fourth-order valence-electron chi connectivity index (χ4n) is 3.15. The number of aromatic nitrogens is 1. The van der Waals surface area contributed by atoms with Crippen LogP contribution < -0.4 is 10.2 Å². The maximum Gasteiger partial charge on any atom is 0.417 e. The summed E-state index contributed by atoms with van der Waals surface area (Å²) in [4.78, 5) is 27.4. The summed E-state index contributed by atoms with van der Waals surface area (Å²) in [5.74, 6) is -0.436. The number of nitrogens with one attached hydrogen (secondary N) is 1. The van der Waals surface area contributed by atoms with Crippen LogP contribution >= 0.6 is 0 Å². The van der Waals surface area contributed by atoms with Gasteiger partial charge in [-0.3, -0.25) is 14.7 Å². The van der Waals surface area contributed by atoms with E-state index in [4.69, 9.17) is 4.74 Å². The quantitative estimate of drug-likeness (QED) is 0.712. The molecule has 1 aromatic heterocycles. The van der Waals surface area contributed by atoms with E-state index >= 15 is 0 Å². The van der Waals surface area contributed by atoms with Gasteiger partial charge < -0.3 is 10.1 Å². The summed E-state index contributed by atoms with van der Waals surface area (Å²) < 4.78 is 87.6. The van der Waals surface area contributed by atoms with Crippen molar-refractivity contribution in [1.82, 2.24) is 10.3 Å². The lowest BCUT2D eigenvalue weighted by Gasteiger charge is -2.23. The molecule has 0 bridgehead atoms. The van der Waals surface area contributed by atoms with E-state index < -0.39 is 52.8 Å². The lowest BCUT2D eigenvalue weighted by molar-refractivity contribution is -0.142. The van der Waals surface area contributed by atoms with Crippen molar-refractivity contribution < 1.29 is 40.7 Å². The molecule has 1 unspecified atom stereocenters. The standard InChI is InChI=1S/C19H15F6N3O3/c1-10(29)27-8-13-9-28(17(30)31-13)12-5-14(18(20,21)22)16(11-3-2-4-26-7-11)15(6-12)19(23,24)25/h2-7,13H,8-9H2,1H3,(H,27,29). The summed E-state index contributed by atoms with van der Waals surface area (Å²) in [6.45, 7) is 0.737. The van der Waals surface area contributed by atoms with E-state index in [-0.39, 0.29) is 18.7 Å². The van der Waals surface area contributed by atoms with Crippen LogP contribution in [-0.2, 0) is 21.9 Å². The van der Waals surface area contributed by atoms with Gasteiger partial charge in [0.15, 0.2) is 0 Å². The van der Waals surface area contributed by atoms with Crippen LogP contribution in [0.1, 0.15) is 18.1 Å². The van der Waals surface area contributed by atoms with Crippen LogP contribution in [0, 0.1) is 0 Å². The van der Waals surface area contributed by atoms with Crippen molar-refractivity contribution >= 4 is 17.7 Å². The molecular formula is C19H15F6N3O3. The lowest BCUT2D eigenvalue weighted by atomic mass is 9.93. The number of anilines is 1. The molecule has 1 aliphatic rings. The molecule has 1 N–H and O–H groups in total. The molecule has 166 valence electrons. The molecule has 1 aromatic carbocycles. The number of hydrogen-bond donors (Lipinski definition) is 1. The molecule has 3 rings (SSSR count). The van der Waals surface area contributed by atoms with Gasteiger partial charge in [0.05, 0.1) is 24.2 Å². The molecule has 31 heavy (non-hydrogen) atoms. The van der Waals surface area contributed by atoms with Crippen molar-refractivity contribution in [1.29, 1.82) is 0 Å². The number of benzene rings is 1. The number of amides is 2. The Morgan fingerprint density at radius 1 is 1.19 bits per heavy atom. The van der Waals surface area contributed by atoms with Gasteiger partial charge >= 0.3 is 18.4 Å². The number of alkyl halides is 6. The maximum absolute atomic E-state index is 13.8. The molecule has 12 heteroatoms. The van der Waals surface area contributed by atoms with Crippen LogP contribution in [0.4, 0.5) is 36.8 Å². The largest absolute Gasteiger partial charge is 0.442 e. The Bertz CT molecular complexity index is 957. The van der Waals surface area contributed by atoms with E-state index in [0.29, 0.717) is 17.0 Å². The lowest BCUT2D eigenvalue weighted by Crippen LogP contribution is -2.33. The van der Waals surface area contributed by atoms with Gasteiger partial charge in [0.2, 0.25) is 5.91 Å². The molecule has 2 heterocycles. The molecule has 0 spiro atoms. The number of carbonyl (C=O) groups is 2. The van der Waals surface area contributed by atoms with Gasteiger partial charge in [-0.15, -0.1) is 0 Å². The van der Waals surface area contributed by atoms with Crippen molar-refractivity contribution in [3.8, 4) is 11.1 Å². The third-order valence-corrected chi connectivity index (χ3v) is 4.45. The Kier molecular flexibility index (Phi) is 5.83. The van der Waals surface area contributed by atoms with Crippen molar-refractivity contribution in [2.24, 2.45) is 0 Å². The normalized spacial score (nSPS) is 16.9. The van der Waals surface area contributed by atoms with E-state index in [1.54, 1.807) is 0 Å². The third kappa shape index (κ3) is 4.89. The highest BCUT2D eigenvalue weighted by Crippen LogP contribution is 2.46. The first kappa shape index (κ1) is 22.4. The monoisotopic (exact) mass is 447 g/mol. The predicted molar refractivity (Wildman–Crippen MR) is 96.0 cm³/mol. The molecule has 1 aliphatic heterocycles. The fraction of sp³-hybridized carbons (Fsp3) is 0.316. The molecule has 6 nitrogen and oxygen atoms in total. The van der Waals surface area contributed by atoms with E-state index in [9.17, 15) is 35.9 Å². The van der Waals surface area contributed by atoms with Gasteiger partial charge in [0.25, 0.3) is 0 Å². The molecule has 1 saturated heterocycles. The number of halogens is 6. The van der Waals surface area contributed by atoms with E-state index in [1.165, 1.54) is 19.2 Å². The molecule has 1 fully saturated rings. The van der Waals surface area contributed by atoms with Gasteiger partial charge in [-0.05, 0) is 18.2 Å². The van der Waals surface area contributed by atoms with Gasteiger partial charge in [-0.1, -0.05) is 6.07 Å². The average molecular weight is 447 g/mol. The summed E-state index contributed by atoms with van der Waals surface area (Å²) in [5.41, 5.74) is -5.21. The number of cyclic esters (lactones) is 1. The second-order valence-corrected chi connectivity index (χ2v) is 6.71. The topological polar surface area (TPSA) is 71.5 Å². The minimum atomic E-state index is -5.15. The first-order valence-corrected chi connectivity index (χ1v) is 8.83. The summed E-state index contributed by atoms with van der Waals surface area (Å²) in [7, 11) is 0. The summed E-state index contributed by atoms with van der Waals surface area (Å²) in [5, 5.41) is 2.37. The van der Waals surface area contributed by atoms with Crippen LogP contribution in [0.3, 0.4) is 0 Å². The molecular weight excluding hydrogens is 432 g/mol. The second-order valence-electron chi connectivity index (χ2n) is 6.71. The Morgan fingerprint density at radius 3 is 2.29 bits per heavy atom. The highest BCUT2D eigenvalue weighted by molar-refractivity contribution is 5.91. The fourth-order valence-corrected chi connectivity index (χ4v) is 3.15. The van der Waals surface area contributed by atoms with Crippen LogP contribution in [0.5, 0.6) is 0 Å². The number of carbonyl (C=O) groups excluding carboxylic acids is 2. The van der Waals surface area contributed by atoms with Gasteiger partial charge in [0.1, 0.15) is 6.10 Å². The molecule has 0 saturated carbocycles. The third-order valence-electron chi connectivity index (χ3n) is 4.45. The number of pyridine rings is 1. The Morgan fingerprint density at radius 2 is 1.81 bits per heavy atom. The Hall–Kier alpha value is -3.31. The highest BCUT2D eigenvalue weighted by atomic mass is 19.4. The van der Waals surface area contributed by atoms with Gasteiger partial charge in [0, 0.05) is 36.1 Å². The van der Waals surface area contributed by atoms with Crippen molar-refractivity contribution in [2.75, 3.05) is 18.0 Å². The molecule has 0 radical (unpaired) electrons. The molecule has 2 amide bonds. The summed E-state index contributed by atoms with van der Waals surface area (Å²) in [6.07, 6.45) is -10.2. The van der Waals surface area contributed by atoms with E-state index in [2.05, 4.69) is 10.3 Å². The number of ether oxygens (including phenoxy) is 1. The Balaban J connectivity index is 2.14. The number of hydrogen-bond acceptors (Lipinski definition) is 4. The average Bonchev–Trinajstić information content (AvgIpc) is 3.05. The van der Waals surface area contributed by atoms with Gasteiger partial charge in [-0.2, -0.15) is 26.3 Å². The first-order chi connectivity index (χ1) is 14.4. The maximum atomic E-state index is 13.8. The van der Waals surface area contributed by atoms with E-state index in [1.807, 2.05) is 0 Å². The highest BCUT2D eigenvalue weighted by Gasteiger charge is 2.43. The van der Waals surface area contributed by atoms with Crippen LogP contribution in [0.2, 0.25) is 0 Å². The predicted octanol–water partition coefficient (Wildman–Crippen LogP) is 4.25. The van der Waals surface area contributed by atoms with Crippen LogP contribution in [0.15, 0.2) is 36.7 Å². The summed E-state index contributed by atoms with van der Waals surface area (Å²) >= 11 is 0. The number of nitrogens with zero attached hydrogens (tertiary/aromatic N) is 2. The number of rotatable bonds is 4. The molecule has 0 aliphatic carbocycles. The van der Waals surface area contributed by atoms with Crippen LogP contribution in [-0.4, -0.2) is 36.2 Å². The zero-order valence-corrected chi connectivity index (χ0v) is 15.8. The van der Waals surface area contributed by atoms with Crippen molar-refractivity contribution in [3.63, 3.8) is 0 Å². The SMILES string of the molecule is CC(=O)NCC1CN(c2cc(C(F)(F)F)c(-c3cccnc3)c(C(F)(F)F)c2)C(=O)O1. The van der Waals surface area contributed by atoms with Crippen molar-refractivity contribution in [2.45, 2.75) is 25.4 Å². The molecule has 1 atom stereocenters. The second kappa shape index (κ2) is 8.08. The smallest absolute Gasteiger partial charge is 0.417 e. The zero-order valence-electron chi connectivity index (χ0n) is 15.8. The Labute approximate surface area is 171 Å². The summed E-state index contributed by atoms with van der Waals surface area (Å²) in [6, 6.07) is 3.24.